The summed E-state index contributed by atoms with van der Waals surface area (Å²) in [4.78, 5) is 20.4. The summed E-state index contributed by atoms with van der Waals surface area (Å²) in [5.74, 6) is 0.774. The number of carbonyl (C=O) groups excluding carboxylic acids is 1. The van der Waals surface area contributed by atoms with Gasteiger partial charge in [-0.1, -0.05) is 0 Å². The molecule has 1 aliphatic heterocycles. The summed E-state index contributed by atoms with van der Waals surface area (Å²) in [5, 5.41) is 7.06. The van der Waals surface area contributed by atoms with E-state index in [0.717, 1.165) is 35.2 Å². The maximum atomic E-state index is 12.2. The van der Waals surface area contributed by atoms with Gasteiger partial charge in [0.1, 0.15) is 0 Å². The molecule has 0 spiro atoms. The molecular weight excluding hydrogens is 326 g/mol. The molecule has 0 bridgehead atoms. The van der Waals surface area contributed by atoms with Crippen LogP contribution < -0.4 is 10.6 Å². The molecule has 0 aromatic carbocycles. The van der Waals surface area contributed by atoms with Crippen LogP contribution in [0.5, 0.6) is 0 Å². The largest absolute Gasteiger partial charge is 0.317 e. The topological polar surface area (TPSA) is 54.0 Å². The van der Waals surface area contributed by atoms with E-state index in [2.05, 4.69) is 41.6 Å². The highest BCUT2D eigenvalue weighted by Crippen LogP contribution is 2.34. The molecule has 0 saturated carbocycles. The van der Waals surface area contributed by atoms with E-state index in [-0.39, 0.29) is 5.91 Å². The van der Waals surface area contributed by atoms with Crippen molar-refractivity contribution in [3.63, 3.8) is 0 Å². The first-order valence-corrected chi connectivity index (χ1v) is 9.80. The van der Waals surface area contributed by atoms with Crippen molar-refractivity contribution in [2.75, 3.05) is 18.4 Å². The van der Waals surface area contributed by atoms with E-state index < -0.39 is 0 Å². The van der Waals surface area contributed by atoms with Gasteiger partial charge >= 0.3 is 0 Å². The fourth-order valence-electron chi connectivity index (χ4n) is 2.93. The number of anilines is 1. The third-order valence-corrected chi connectivity index (χ3v) is 6.15. The molecule has 0 aliphatic carbocycles. The molecule has 0 radical (unpaired) electrons. The van der Waals surface area contributed by atoms with Gasteiger partial charge in [-0.15, -0.1) is 22.7 Å². The third kappa shape index (κ3) is 4.40. The molecule has 2 aromatic rings. The molecular formula is C17H23N3OS2. The van der Waals surface area contributed by atoms with Crippen LogP contribution in [0.3, 0.4) is 0 Å². The number of thiophene rings is 1. The van der Waals surface area contributed by atoms with Crippen molar-refractivity contribution in [1.82, 2.24) is 10.3 Å². The van der Waals surface area contributed by atoms with Gasteiger partial charge in [-0.2, -0.15) is 0 Å². The number of piperidine rings is 1. The van der Waals surface area contributed by atoms with Crippen LogP contribution in [0, 0.1) is 19.8 Å². The van der Waals surface area contributed by atoms with Crippen LogP contribution in [0.1, 0.15) is 35.4 Å². The molecule has 4 nitrogen and oxygen atoms in total. The average Bonchev–Trinajstić information content (AvgIpc) is 3.12. The van der Waals surface area contributed by atoms with Crippen molar-refractivity contribution in [1.29, 1.82) is 0 Å². The van der Waals surface area contributed by atoms with Gasteiger partial charge in [-0.25, -0.2) is 4.98 Å². The Morgan fingerprint density at radius 2 is 2.09 bits per heavy atom. The van der Waals surface area contributed by atoms with Crippen LogP contribution in [-0.4, -0.2) is 24.0 Å². The number of amides is 1. The number of nitrogens with one attached hydrogen (secondary N) is 2. The Morgan fingerprint density at radius 3 is 2.78 bits per heavy atom. The van der Waals surface area contributed by atoms with Crippen molar-refractivity contribution in [2.45, 2.75) is 39.5 Å². The highest BCUT2D eigenvalue weighted by Gasteiger charge is 2.16. The van der Waals surface area contributed by atoms with Crippen molar-refractivity contribution >= 4 is 33.7 Å². The standard InChI is InChI=1S/C17H23N3OS2/c1-11-3-5-14(22-11)16-12(2)23-17(20-16)19-15(21)6-4-13-7-9-18-10-8-13/h3,5,13,18H,4,6-10H2,1-2H3,(H,19,20,21). The molecule has 1 aliphatic rings. The number of aryl methyl sites for hydroxylation is 2. The molecule has 1 saturated heterocycles. The average molecular weight is 350 g/mol. The monoisotopic (exact) mass is 349 g/mol. The zero-order valence-corrected chi connectivity index (χ0v) is 15.3. The second-order valence-corrected chi connectivity index (χ2v) is 8.61. The van der Waals surface area contributed by atoms with Crippen molar-refractivity contribution in [3.05, 3.63) is 21.9 Å². The first-order valence-electron chi connectivity index (χ1n) is 8.16. The number of nitrogens with zero attached hydrogens (tertiary/aromatic N) is 1. The summed E-state index contributed by atoms with van der Waals surface area (Å²) in [5.41, 5.74) is 1.00. The van der Waals surface area contributed by atoms with E-state index in [9.17, 15) is 4.79 Å². The lowest BCUT2D eigenvalue weighted by Crippen LogP contribution is -2.28. The molecule has 0 unspecified atom stereocenters. The first-order chi connectivity index (χ1) is 11.1. The van der Waals surface area contributed by atoms with E-state index in [1.54, 1.807) is 22.7 Å². The Labute approximate surface area is 145 Å². The fourth-order valence-corrected chi connectivity index (χ4v) is 4.75. The van der Waals surface area contributed by atoms with Crippen LogP contribution in [-0.2, 0) is 4.79 Å². The van der Waals surface area contributed by atoms with E-state index in [1.165, 1.54) is 22.6 Å². The minimum Gasteiger partial charge on any atom is -0.317 e. The summed E-state index contributed by atoms with van der Waals surface area (Å²) in [6.07, 6.45) is 3.95. The van der Waals surface area contributed by atoms with Crippen LogP contribution in [0.4, 0.5) is 5.13 Å². The predicted octanol–water partition coefficient (Wildman–Crippen LogP) is 4.21. The molecule has 6 heteroatoms. The molecule has 124 valence electrons. The highest BCUT2D eigenvalue weighted by atomic mass is 32.1. The summed E-state index contributed by atoms with van der Waals surface area (Å²) < 4.78 is 0. The number of rotatable bonds is 5. The molecule has 2 aromatic heterocycles. The molecule has 2 N–H and O–H groups in total. The smallest absolute Gasteiger partial charge is 0.226 e. The van der Waals surface area contributed by atoms with Gasteiger partial charge in [0.15, 0.2) is 5.13 Å². The van der Waals surface area contributed by atoms with Gasteiger partial charge in [0.25, 0.3) is 0 Å². The lowest BCUT2D eigenvalue weighted by Gasteiger charge is -2.21. The Kier molecular flexibility index (Phi) is 5.46. The second-order valence-electron chi connectivity index (χ2n) is 6.11. The molecule has 1 amide bonds. The summed E-state index contributed by atoms with van der Waals surface area (Å²) in [7, 11) is 0. The van der Waals surface area contributed by atoms with Crippen LogP contribution >= 0.6 is 22.7 Å². The van der Waals surface area contributed by atoms with Gasteiger partial charge < -0.3 is 10.6 Å². The molecule has 3 rings (SSSR count). The quantitative estimate of drug-likeness (QED) is 0.850. The van der Waals surface area contributed by atoms with Crippen LogP contribution in [0.25, 0.3) is 10.6 Å². The van der Waals surface area contributed by atoms with E-state index >= 15 is 0 Å². The number of hydrogen-bond acceptors (Lipinski definition) is 5. The van der Waals surface area contributed by atoms with E-state index in [0.29, 0.717) is 12.3 Å². The van der Waals surface area contributed by atoms with E-state index in [4.69, 9.17) is 0 Å². The van der Waals surface area contributed by atoms with E-state index in [1.807, 2.05) is 0 Å². The van der Waals surface area contributed by atoms with Crippen LogP contribution in [0.2, 0.25) is 0 Å². The molecule has 3 heterocycles. The second kappa shape index (κ2) is 7.55. The van der Waals surface area contributed by atoms with Gasteiger partial charge in [0.05, 0.1) is 10.6 Å². The van der Waals surface area contributed by atoms with Crippen LogP contribution in [0.15, 0.2) is 12.1 Å². The normalized spacial score (nSPS) is 15.7. The Bertz CT molecular complexity index is 671. The minimum atomic E-state index is 0.0891. The number of carbonyl (C=O) groups is 1. The lowest BCUT2D eigenvalue weighted by molar-refractivity contribution is -0.116. The zero-order chi connectivity index (χ0) is 16.2. The molecule has 1 fully saturated rings. The maximum Gasteiger partial charge on any atom is 0.226 e. The number of hydrogen-bond donors (Lipinski definition) is 2. The van der Waals surface area contributed by atoms with Gasteiger partial charge in [0.2, 0.25) is 5.91 Å². The maximum absolute atomic E-state index is 12.2. The van der Waals surface area contributed by atoms with Crippen molar-refractivity contribution < 1.29 is 4.79 Å². The zero-order valence-electron chi connectivity index (χ0n) is 13.6. The number of thiazole rings is 1. The molecule has 0 atom stereocenters. The Morgan fingerprint density at radius 1 is 1.30 bits per heavy atom. The number of aromatic nitrogens is 1. The Hall–Kier alpha value is -1.24. The van der Waals surface area contributed by atoms with Gasteiger partial charge in [-0.05, 0) is 64.3 Å². The molecule has 23 heavy (non-hydrogen) atoms. The highest BCUT2D eigenvalue weighted by molar-refractivity contribution is 7.18. The fraction of sp³-hybridized carbons (Fsp3) is 0.529. The first kappa shape index (κ1) is 16.6. The van der Waals surface area contributed by atoms with Gasteiger partial charge in [-0.3, -0.25) is 4.79 Å². The summed E-state index contributed by atoms with van der Waals surface area (Å²) in [6.45, 7) is 6.33. The minimum absolute atomic E-state index is 0.0891. The van der Waals surface area contributed by atoms with Crippen molar-refractivity contribution in [3.8, 4) is 10.6 Å². The predicted molar refractivity (Wildman–Crippen MR) is 98.4 cm³/mol. The third-order valence-electron chi connectivity index (χ3n) is 4.26. The summed E-state index contributed by atoms with van der Waals surface area (Å²) in [6, 6.07) is 4.21. The Balaban J connectivity index is 1.56. The van der Waals surface area contributed by atoms with Gasteiger partial charge in [0, 0.05) is 16.2 Å². The van der Waals surface area contributed by atoms with Crippen molar-refractivity contribution in [2.24, 2.45) is 5.92 Å². The summed E-state index contributed by atoms with van der Waals surface area (Å²) >= 11 is 3.30. The SMILES string of the molecule is Cc1ccc(-c2nc(NC(=O)CCC3CCNCC3)sc2C)s1. The lowest BCUT2D eigenvalue weighted by atomic mass is 9.93.